The van der Waals surface area contributed by atoms with Crippen LogP contribution in [0.5, 0.6) is 0 Å². The van der Waals surface area contributed by atoms with Crippen molar-refractivity contribution < 1.29 is 24.8 Å². The van der Waals surface area contributed by atoms with E-state index in [1.54, 1.807) is 0 Å². The minimum absolute atomic E-state index is 0.269. The van der Waals surface area contributed by atoms with Crippen LogP contribution in [0.25, 0.3) is 0 Å². The molecule has 176 valence electrons. The van der Waals surface area contributed by atoms with Gasteiger partial charge in [0.2, 0.25) is 0 Å². The first-order chi connectivity index (χ1) is 13.9. The van der Waals surface area contributed by atoms with Gasteiger partial charge < -0.3 is 24.8 Å². The van der Waals surface area contributed by atoms with Gasteiger partial charge in [0.15, 0.2) is 0 Å². The maximum atomic E-state index is 10.7. The molecule has 0 aromatic heterocycles. The minimum atomic E-state index is -0.682. The van der Waals surface area contributed by atoms with Crippen LogP contribution >= 0.6 is 0 Å². The lowest BCUT2D eigenvalue weighted by Gasteiger charge is -2.37. The Morgan fingerprint density at radius 2 is 1.17 bits per heavy atom. The Balaban J connectivity index is 4.16. The number of unbranched alkanes of at least 4 members (excludes halogenated alkanes) is 7. The van der Waals surface area contributed by atoms with Crippen molar-refractivity contribution in [2.75, 3.05) is 33.0 Å². The van der Waals surface area contributed by atoms with E-state index in [4.69, 9.17) is 19.7 Å². The zero-order chi connectivity index (χ0) is 21.8. The van der Waals surface area contributed by atoms with Crippen LogP contribution in [0, 0.1) is 0 Å². The summed E-state index contributed by atoms with van der Waals surface area (Å²) in [5.74, 6) is 0. The highest BCUT2D eigenvalue weighted by Crippen LogP contribution is 2.32. The van der Waals surface area contributed by atoms with Crippen molar-refractivity contribution in [1.82, 2.24) is 0 Å². The second-order valence-corrected chi connectivity index (χ2v) is 9.07. The van der Waals surface area contributed by atoms with Crippen LogP contribution in [-0.4, -0.2) is 59.6 Å². The summed E-state index contributed by atoms with van der Waals surface area (Å²) in [7, 11) is 0. The molecular weight excluding hydrogens is 368 g/mol. The summed E-state index contributed by atoms with van der Waals surface area (Å²) in [6.45, 7) is 9.05. The number of rotatable bonds is 22. The second kappa shape index (κ2) is 18.6. The van der Waals surface area contributed by atoms with Gasteiger partial charge in [-0.05, 0) is 65.2 Å². The zero-order valence-electron chi connectivity index (χ0n) is 19.6. The Morgan fingerprint density at radius 1 is 0.655 bits per heavy atom. The summed E-state index contributed by atoms with van der Waals surface area (Å²) in [5, 5.41) is 28.4. The van der Waals surface area contributed by atoms with Crippen molar-refractivity contribution in [2.24, 2.45) is 0 Å². The molecule has 0 bridgehead atoms. The highest BCUT2D eigenvalue weighted by atomic mass is 16.5. The fourth-order valence-corrected chi connectivity index (χ4v) is 4.00. The molecule has 0 amide bonds. The average molecular weight is 419 g/mol. The van der Waals surface area contributed by atoms with E-state index >= 15 is 0 Å². The highest BCUT2D eigenvalue weighted by molar-refractivity contribution is 4.86. The number of aliphatic hydroxyl groups is 3. The van der Waals surface area contributed by atoms with Gasteiger partial charge in [-0.1, -0.05) is 39.0 Å². The van der Waals surface area contributed by atoms with Crippen molar-refractivity contribution in [3.8, 4) is 0 Å². The smallest absolute Gasteiger partial charge is 0.0681 e. The Labute approximate surface area is 180 Å². The average Bonchev–Trinajstić information content (AvgIpc) is 2.65. The molecule has 0 aromatic carbocycles. The van der Waals surface area contributed by atoms with Crippen molar-refractivity contribution in [3.63, 3.8) is 0 Å². The fraction of sp³-hybridized carbons (Fsp3) is 1.00. The summed E-state index contributed by atoms with van der Waals surface area (Å²) < 4.78 is 12.0. The van der Waals surface area contributed by atoms with Crippen LogP contribution < -0.4 is 0 Å². The van der Waals surface area contributed by atoms with Gasteiger partial charge in [-0.15, -0.1) is 0 Å². The Hall–Kier alpha value is -0.200. The van der Waals surface area contributed by atoms with Gasteiger partial charge in [0.1, 0.15) is 0 Å². The van der Waals surface area contributed by atoms with E-state index in [1.807, 2.05) is 6.92 Å². The molecule has 0 rings (SSSR count). The molecule has 29 heavy (non-hydrogen) atoms. The van der Waals surface area contributed by atoms with Crippen LogP contribution in [0.4, 0.5) is 0 Å². The number of hydrogen-bond donors (Lipinski definition) is 3. The SMILES string of the molecule is CCCC(C)(O)CC(C)(CCCCCOCCCCCO)OCCCCCCO. The summed E-state index contributed by atoms with van der Waals surface area (Å²) in [5.41, 5.74) is -0.973. The van der Waals surface area contributed by atoms with Gasteiger partial charge in [0.25, 0.3) is 0 Å². The molecule has 0 spiro atoms. The van der Waals surface area contributed by atoms with Gasteiger partial charge in [0.05, 0.1) is 11.2 Å². The third-order valence-corrected chi connectivity index (χ3v) is 5.49. The van der Waals surface area contributed by atoms with Gasteiger partial charge in [-0.25, -0.2) is 0 Å². The van der Waals surface area contributed by atoms with Gasteiger partial charge in [-0.3, -0.25) is 0 Å². The maximum Gasteiger partial charge on any atom is 0.0681 e. The normalized spacial score (nSPS) is 15.9. The topological polar surface area (TPSA) is 79.2 Å². The van der Waals surface area contributed by atoms with Crippen LogP contribution in [0.1, 0.15) is 111 Å². The molecule has 0 radical (unpaired) electrons. The standard InChI is InChI=1S/C24H50O5/c1-4-15-23(2,27)22-24(3,29-21-14-6-5-10-17-25)16-9-7-12-19-28-20-13-8-11-18-26/h25-27H,4-22H2,1-3H3. The first kappa shape index (κ1) is 28.8. The molecule has 0 aromatic rings. The van der Waals surface area contributed by atoms with E-state index in [1.165, 1.54) is 0 Å². The van der Waals surface area contributed by atoms with Gasteiger partial charge >= 0.3 is 0 Å². The third-order valence-electron chi connectivity index (χ3n) is 5.49. The second-order valence-electron chi connectivity index (χ2n) is 9.07. The molecule has 2 atom stereocenters. The lowest BCUT2D eigenvalue weighted by Crippen LogP contribution is -2.40. The molecule has 3 N–H and O–H groups in total. The predicted molar refractivity (Wildman–Crippen MR) is 120 cm³/mol. The highest BCUT2D eigenvalue weighted by Gasteiger charge is 2.33. The molecule has 0 fully saturated rings. The van der Waals surface area contributed by atoms with Crippen molar-refractivity contribution in [2.45, 2.75) is 122 Å². The van der Waals surface area contributed by atoms with E-state index in [9.17, 15) is 5.11 Å². The van der Waals surface area contributed by atoms with Crippen molar-refractivity contribution >= 4 is 0 Å². The molecule has 0 aliphatic carbocycles. The Kier molecular flexibility index (Phi) is 18.4. The van der Waals surface area contributed by atoms with Crippen LogP contribution in [0.2, 0.25) is 0 Å². The summed E-state index contributed by atoms with van der Waals surface area (Å²) in [6, 6.07) is 0. The molecule has 0 aliphatic rings. The van der Waals surface area contributed by atoms with Crippen molar-refractivity contribution in [3.05, 3.63) is 0 Å². The van der Waals surface area contributed by atoms with Crippen LogP contribution in [0.15, 0.2) is 0 Å². The molecule has 0 saturated carbocycles. The van der Waals surface area contributed by atoms with E-state index in [-0.39, 0.29) is 18.8 Å². The van der Waals surface area contributed by atoms with E-state index in [0.717, 1.165) is 103 Å². The largest absolute Gasteiger partial charge is 0.396 e. The maximum absolute atomic E-state index is 10.7. The molecular formula is C24H50O5. The first-order valence-electron chi connectivity index (χ1n) is 12.0. The third kappa shape index (κ3) is 18.3. The lowest BCUT2D eigenvalue weighted by molar-refractivity contribution is -0.0981. The molecule has 0 heterocycles. The quantitative estimate of drug-likeness (QED) is 0.216. The Morgan fingerprint density at radius 3 is 1.76 bits per heavy atom. The molecule has 0 saturated heterocycles. The van der Waals surface area contributed by atoms with Crippen LogP contribution in [-0.2, 0) is 9.47 Å². The Bertz CT molecular complexity index is 348. The number of aliphatic hydroxyl groups excluding tert-OH is 2. The van der Waals surface area contributed by atoms with E-state index < -0.39 is 5.60 Å². The number of hydrogen-bond acceptors (Lipinski definition) is 5. The van der Waals surface area contributed by atoms with Gasteiger partial charge in [-0.2, -0.15) is 0 Å². The molecule has 0 aliphatic heterocycles. The minimum Gasteiger partial charge on any atom is -0.396 e. The summed E-state index contributed by atoms with van der Waals surface area (Å²) >= 11 is 0. The van der Waals surface area contributed by atoms with Gasteiger partial charge in [0, 0.05) is 39.5 Å². The number of ether oxygens (including phenoxy) is 2. The molecule has 5 heteroatoms. The van der Waals surface area contributed by atoms with E-state index in [2.05, 4.69) is 13.8 Å². The fourth-order valence-electron chi connectivity index (χ4n) is 4.00. The monoisotopic (exact) mass is 418 g/mol. The first-order valence-corrected chi connectivity index (χ1v) is 12.0. The van der Waals surface area contributed by atoms with Crippen molar-refractivity contribution in [1.29, 1.82) is 0 Å². The molecule has 2 unspecified atom stereocenters. The predicted octanol–water partition coefficient (Wildman–Crippen LogP) is 5.00. The zero-order valence-corrected chi connectivity index (χ0v) is 19.6. The lowest BCUT2D eigenvalue weighted by atomic mass is 9.83. The summed E-state index contributed by atoms with van der Waals surface area (Å²) in [6.07, 6.45) is 13.6. The van der Waals surface area contributed by atoms with E-state index in [0.29, 0.717) is 6.42 Å². The molecule has 5 nitrogen and oxygen atoms in total. The summed E-state index contributed by atoms with van der Waals surface area (Å²) in [4.78, 5) is 0. The van der Waals surface area contributed by atoms with Crippen LogP contribution in [0.3, 0.4) is 0 Å².